The maximum absolute atomic E-state index is 11.8. The average molecular weight is 322 g/mol. The van der Waals surface area contributed by atoms with Crippen molar-refractivity contribution in [3.8, 4) is 0 Å². The fourth-order valence-electron chi connectivity index (χ4n) is 1.77. The molecule has 2 unspecified atom stereocenters. The summed E-state index contributed by atoms with van der Waals surface area (Å²) in [4.78, 5) is 16.2. The molecule has 0 fully saturated rings. The molecule has 112 valence electrons. The summed E-state index contributed by atoms with van der Waals surface area (Å²) in [6.07, 6.45) is 3.40. The highest BCUT2D eigenvalue weighted by Crippen LogP contribution is 2.25. The summed E-state index contributed by atoms with van der Waals surface area (Å²) in [7, 11) is -0.919. The summed E-state index contributed by atoms with van der Waals surface area (Å²) in [5.41, 5.74) is 0. The van der Waals surface area contributed by atoms with Crippen molar-refractivity contribution in [1.82, 2.24) is 10.3 Å². The van der Waals surface area contributed by atoms with Gasteiger partial charge in [-0.25, -0.2) is 4.98 Å². The minimum atomic E-state index is -0.919. The SMILES string of the molecule is CC(CNC(=O)CSc1nccc2ccccc12)S(C)=O. The molecule has 0 saturated carbocycles. The minimum absolute atomic E-state index is 0.0327. The molecular weight excluding hydrogens is 304 g/mol. The van der Waals surface area contributed by atoms with E-state index in [1.54, 1.807) is 12.5 Å². The molecule has 0 bridgehead atoms. The fraction of sp³-hybridized carbons (Fsp3) is 0.333. The first-order valence-electron chi connectivity index (χ1n) is 6.63. The zero-order valence-corrected chi connectivity index (χ0v) is 13.7. The van der Waals surface area contributed by atoms with E-state index in [4.69, 9.17) is 0 Å². The number of carbonyl (C=O) groups excluding carboxylic acids is 1. The Kier molecular flexibility index (Phi) is 5.76. The van der Waals surface area contributed by atoms with Crippen LogP contribution in [0.15, 0.2) is 41.6 Å². The number of hydrogen-bond donors (Lipinski definition) is 1. The molecule has 6 heteroatoms. The quantitative estimate of drug-likeness (QED) is 0.829. The van der Waals surface area contributed by atoms with Crippen molar-refractivity contribution >= 4 is 39.2 Å². The lowest BCUT2D eigenvalue weighted by Gasteiger charge is -2.10. The smallest absolute Gasteiger partial charge is 0.230 e. The second-order valence-electron chi connectivity index (χ2n) is 4.74. The van der Waals surface area contributed by atoms with Gasteiger partial charge in [-0.3, -0.25) is 9.00 Å². The van der Waals surface area contributed by atoms with E-state index in [0.29, 0.717) is 12.3 Å². The molecule has 0 aliphatic rings. The van der Waals surface area contributed by atoms with Crippen LogP contribution in [0.3, 0.4) is 0 Å². The Morgan fingerprint density at radius 3 is 2.90 bits per heavy atom. The van der Waals surface area contributed by atoms with Gasteiger partial charge in [-0.1, -0.05) is 36.0 Å². The van der Waals surface area contributed by atoms with Gasteiger partial charge in [-0.15, -0.1) is 0 Å². The number of thioether (sulfide) groups is 1. The summed E-state index contributed by atoms with van der Waals surface area (Å²) in [5, 5.41) is 5.80. The van der Waals surface area contributed by atoms with E-state index in [1.807, 2.05) is 37.3 Å². The van der Waals surface area contributed by atoms with E-state index in [0.717, 1.165) is 15.8 Å². The Labute approximate surface area is 131 Å². The molecule has 1 N–H and O–H groups in total. The van der Waals surface area contributed by atoms with Gasteiger partial charge in [0.05, 0.1) is 5.75 Å². The third kappa shape index (κ3) is 4.54. The first-order valence-corrected chi connectivity index (χ1v) is 9.24. The van der Waals surface area contributed by atoms with E-state index in [2.05, 4.69) is 10.3 Å². The van der Waals surface area contributed by atoms with Gasteiger partial charge < -0.3 is 5.32 Å². The highest BCUT2D eigenvalue weighted by atomic mass is 32.2. The van der Waals surface area contributed by atoms with Crippen LogP contribution in [-0.2, 0) is 15.6 Å². The fourth-order valence-corrected chi connectivity index (χ4v) is 2.93. The van der Waals surface area contributed by atoms with Crippen molar-refractivity contribution in [1.29, 1.82) is 0 Å². The van der Waals surface area contributed by atoms with Gasteiger partial charge >= 0.3 is 0 Å². The lowest BCUT2D eigenvalue weighted by molar-refractivity contribution is -0.118. The lowest BCUT2D eigenvalue weighted by atomic mass is 10.2. The largest absolute Gasteiger partial charge is 0.354 e. The van der Waals surface area contributed by atoms with Crippen molar-refractivity contribution in [2.75, 3.05) is 18.6 Å². The van der Waals surface area contributed by atoms with Crippen molar-refractivity contribution in [3.63, 3.8) is 0 Å². The van der Waals surface area contributed by atoms with Crippen LogP contribution in [0.4, 0.5) is 0 Å². The second-order valence-corrected chi connectivity index (χ2v) is 7.51. The van der Waals surface area contributed by atoms with Crippen LogP contribution < -0.4 is 5.32 Å². The van der Waals surface area contributed by atoms with Crippen LogP contribution in [0, 0.1) is 0 Å². The maximum atomic E-state index is 11.8. The zero-order chi connectivity index (χ0) is 15.2. The molecule has 0 spiro atoms. The van der Waals surface area contributed by atoms with Gasteiger partial charge in [-0.2, -0.15) is 0 Å². The minimum Gasteiger partial charge on any atom is -0.354 e. The Hall–Kier alpha value is -1.40. The van der Waals surface area contributed by atoms with Crippen molar-refractivity contribution in [2.24, 2.45) is 0 Å². The number of pyridine rings is 1. The van der Waals surface area contributed by atoms with E-state index in [9.17, 15) is 9.00 Å². The Morgan fingerprint density at radius 2 is 2.14 bits per heavy atom. The molecule has 0 aliphatic heterocycles. The second kappa shape index (κ2) is 7.56. The van der Waals surface area contributed by atoms with E-state index in [1.165, 1.54) is 11.8 Å². The van der Waals surface area contributed by atoms with Crippen molar-refractivity contribution in [2.45, 2.75) is 17.2 Å². The van der Waals surface area contributed by atoms with Crippen LogP contribution in [0.2, 0.25) is 0 Å². The highest BCUT2D eigenvalue weighted by Gasteiger charge is 2.10. The molecule has 2 rings (SSSR count). The Morgan fingerprint density at radius 1 is 1.38 bits per heavy atom. The van der Waals surface area contributed by atoms with Crippen LogP contribution in [0.25, 0.3) is 10.8 Å². The number of rotatable bonds is 6. The van der Waals surface area contributed by atoms with Crippen LogP contribution in [0.5, 0.6) is 0 Å². The Bertz CT molecular complexity index is 656. The molecule has 2 atom stereocenters. The lowest BCUT2D eigenvalue weighted by Crippen LogP contribution is -2.33. The van der Waals surface area contributed by atoms with Gasteiger partial charge in [0.2, 0.25) is 5.91 Å². The van der Waals surface area contributed by atoms with Gasteiger partial charge in [0.25, 0.3) is 0 Å². The third-order valence-electron chi connectivity index (χ3n) is 3.13. The number of benzene rings is 1. The van der Waals surface area contributed by atoms with Gasteiger partial charge in [-0.05, 0) is 18.4 Å². The summed E-state index contributed by atoms with van der Waals surface area (Å²) >= 11 is 1.42. The number of nitrogens with zero attached hydrogens (tertiary/aromatic N) is 1. The molecular formula is C15H18N2O2S2. The summed E-state index contributed by atoms with van der Waals surface area (Å²) < 4.78 is 11.2. The van der Waals surface area contributed by atoms with Gasteiger partial charge in [0.15, 0.2) is 0 Å². The van der Waals surface area contributed by atoms with Crippen LogP contribution in [-0.4, -0.2) is 38.9 Å². The van der Waals surface area contributed by atoms with E-state index < -0.39 is 10.8 Å². The molecule has 2 aromatic rings. The number of nitrogens with one attached hydrogen (secondary N) is 1. The number of fused-ring (bicyclic) bond motifs is 1. The normalized spacial score (nSPS) is 13.8. The molecule has 21 heavy (non-hydrogen) atoms. The van der Waals surface area contributed by atoms with E-state index in [-0.39, 0.29) is 11.2 Å². The average Bonchev–Trinajstić information content (AvgIpc) is 2.50. The van der Waals surface area contributed by atoms with Gasteiger partial charge in [0.1, 0.15) is 5.03 Å². The number of amides is 1. The highest BCUT2D eigenvalue weighted by molar-refractivity contribution is 8.00. The van der Waals surface area contributed by atoms with Crippen molar-refractivity contribution < 1.29 is 9.00 Å². The van der Waals surface area contributed by atoms with Crippen LogP contribution in [0.1, 0.15) is 6.92 Å². The number of hydrogen-bond acceptors (Lipinski definition) is 4. The van der Waals surface area contributed by atoms with E-state index >= 15 is 0 Å². The summed E-state index contributed by atoms with van der Waals surface area (Å²) in [5.74, 6) is 0.247. The molecule has 0 aliphatic carbocycles. The molecule has 1 heterocycles. The molecule has 1 aromatic carbocycles. The van der Waals surface area contributed by atoms with Gasteiger partial charge in [0, 0.05) is 40.4 Å². The maximum Gasteiger partial charge on any atom is 0.230 e. The first kappa shape index (κ1) is 16.0. The monoisotopic (exact) mass is 322 g/mol. The molecule has 1 aromatic heterocycles. The molecule has 1 amide bonds. The Balaban J connectivity index is 1.93. The zero-order valence-electron chi connectivity index (χ0n) is 12.0. The number of carbonyl (C=O) groups is 1. The molecule has 0 radical (unpaired) electrons. The summed E-state index contributed by atoms with van der Waals surface area (Å²) in [6, 6.07) is 9.93. The first-order chi connectivity index (χ1) is 10.1. The predicted molar refractivity (Wildman–Crippen MR) is 89.0 cm³/mol. The predicted octanol–water partition coefficient (Wildman–Crippen LogP) is 2.21. The topological polar surface area (TPSA) is 59.1 Å². The summed E-state index contributed by atoms with van der Waals surface area (Å²) in [6.45, 7) is 2.29. The molecule has 4 nitrogen and oxygen atoms in total. The number of aromatic nitrogens is 1. The van der Waals surface area contributed by atoms with Crippen molar-refractivity contribution in [3.05, 3.63) is 36.5 Å². The standard InChI is InChI=1S/C15H18N2O2S2/c1-11(21(2)19)9-17-14(18)10-20-15-13-6-4-3-5-12(13)7-8-16-15/h3-8,11H,9-10H2,1-2H3,(H,17,18). The van der Waals surface area contributed by atoms with Crippen LogP contribution >= 0.6 is 11.8 Å². The third-order valence-corrected chi connectivity index (χ3v) is 5.44. The molecule has 0 saturated heterocycles.